The van der Waals surface area contributed by atoms with E-state index in [1.165, 1.54) is 62.0 Å². The third-order valence-electron chi connectivity index (χ3n) is 5.63. The molecule has 2 aliphatic heterocycles. The molecule has 2 aromatic carbocycles. The van der Waals surface area contributed by atoms with E-state index in [0.29, 0.717) is 0 Å². The van der Waals surface area contributed by atoms with Crippen molar-refractivity contribution < 1.29 is 4.74 Å². The van der Waals surface area contributed by atoms with Crippen molar-refractivity contribution in [3.63, 3.8) is 0 Å². The molecule has 27 heavy (non-hydrogen) atoms. The molecule has 0 saturated carbocycles. The van der Waals surface area contributed by atoms with Crippen LogP contribution in [0.25, 0.3) is 0 Å². The zero-order valence-electron chi connectivity index (χ0n) is 15.7. The number of hydrogen-bond donors (Lipinski definition) is 0. The zero-order chi connectivity index (χ0) is 17.6. The molecule has 2 aromatic rings. The van der Waals surface area contributed by atoms with E-state index in [0.717, 1.165) is 32.0 Å². The summed E-state index contributed by atoms with van der Waals surface area (Å²) in [4.78, 5) is 5.02. The van der Waals surface area contributed by atoms with E-state index < -0.39 is 0 Å². The molecule has 1 fully saturated rings. The van der Waals surface area contributed by atoms with Crippen LogP contribution < -0.4 is 9.64 Å². The Morgan fingerprint density at radius 1 is 0.815 bits per heavy atom. The van der Waals surface area contributed by atoms with Gasteiger partial charge in [-0.05, 0) is 68.1 Å². The highest BCUT2D eigenvalue weighted by atomic mass is 16.5. The Bertz CT molecular complexity index is 692. The Morgan fingerprint density at radius 2 is 1.59 bits per heavy atom. The van der Waals surface area contributed by atoms with E-state index in [4.69, 9.17) is 4.74 Å². The summed E-state index contributed by atoms with van der Waals surface area (Å²) in [7, 11) is 0. The van der Waals surface area contributed by atoms with Gasteiger partial charge in [0.15, 0.2) is 0 Å². The van der Waals surface area contributed by atoms with E-state index in [9.17, 15) is 0 Å². The van der Waals surface area contributed by atoms with Gasteiger partial charge in [0.05, 0.1) is 0 Å². The largest absolute Gasteiger partial charge is 0.492 e. The average molecular weight is 367 g/mol. The van der Waals surface area contributed by atoms with Gasteiger partial charge in [-0.25, -0.2) is 0 Å². The first-order valence-corrected chi connectivity index (χ1v) is 10.2. The highest BCUT2D eigenvalue weighted by Crippen LogP contribution is 2.28. The molecular weight excluding hydrogens is 332 g/mol. The number of anilines is 1. The fourth-order valence-electron chi connectivity index (χ4n) is 4.16. The summed E-state index contributed by atoms with van der Waals surface area (Å²) in [6.07, 6.45) is 6.52. The highest BCUT2D eigenvalue weighted by molar-refractivity contribution is 5.55. The van der Waals surface area contributed by atoms with Gasteiger partial charge in [-0.15, -0.1) is 0 Å². The van der Waals surface area contributed by atoms with Crippen molar-refractivity contribution in [2.75, 3.05) is 37.7 Å². The molecular formula is C24H34N2O. The highest BCUT2D eigenvalue weighted by Gasteiger charge is 2.16. The van der Waals surface area contributed by atoms with Crippen LogP contribution in [0, 0.1) is 0 Å². The number of likely N-dealkylation sites (tertiary alicyclic amines) is 1. The first kappa shape index (κ1) is 19.8. The van der Waals surface area contributed by atoms with Crippen molar-refractivity contribution >= 4 is 5.69 Å². The molecule has 0 atom stereocenters. The second-order valence-corrected chi connectivity index (χ2v) is 7.55. The minimum Gasteiger partial charge on any atom is -0.492 e. The monoisotopic (exact) mass is 366 g/mol. The first-order chi connectivity index (χ1) is 12.9. The Kier molecular flexibility index (Phi) is 7.17. The zero-order valence-corrected chi connectivity index (χ0v) is 15.7. The summed E-state index contributed by atoms with van der Waals surface area (Å²) >= 11 is 0. The lowest BCUT2D eigenvalue weighted by Gasteiger charge is -2.31. The minimum atomic E-state index is 0. The number of fused-ring (bicyclic) bond motifs is 1. The molecule has 0 N–H and O–H groups in total. The van der Waals surface area contributed by atoms with Gasteiger partial charge < -0.3 is 9.64 Å². The van der Waals surface area contributed by atoms with Gasteiger partial charge in [-0.3, -0.25) is 4.90 Å². The molecule has 0 spiro atoms. The van der Waals surface area contributed by atoms with Crippen molar-refractivity contribution in [2.45, 2.75) is 46.1 Å². The summed E-state index contributed by atoms with van der Waals surface area (Å²) in [5.74, 6) is 0.991. The number of ether oxygens (including phenoxy) is 1. The molecule has 2 heterocycles. The van der Waals surface area contributed by atoms with Gasteiger partial charge in [-0.1, -0.05) is 44.2 Å². The van der Waals surface area contributed by atoms with Crippen molar-refractivity contribution in [3.8, 4) is 5.75 Å². The van der Waals surface area contributed by atoms with E-state index in [1.54, 1.807) is 0 Å². The second-order valence-electron chi connectivity index (χ2n) is 7.55. The lowest BCUT2D eigenvalue weighted by atomic mass is 10.0. The van der Waals surface area contributed by atoms with Gasteiger partial charge in [-0.2, -0.15) is 0 Å². The number of benzene rings is 2. The molecule has 0 radical (unpaired) electrons. The van der Waals surface area contributed by atoms with Gasteiger partial charge in [0, 0.05) is 25.3 Å². The molecule has 2 aliphatic rings. The first-order valence-electron chi connectivity index (χ1n) is 10.2. The summed E-state index contributed by atoms with van der Waals surface area (Å²) in [6, 6.07) is 17.5. The molecule has 146 valence electrons. The van der Waals surface area contributed by atoms with Gasteiger partial charge in [0.25, 0.3) is 0 Å². The summed E-state index contributed by atoms with van der Waals surface area (Å²) in [6.45, 7) is 6.43. The van der Waals surface area contributed by atoms with E-state index in [2.05, 4.69) is 58.3 Å². The Hall–Kier alpha value is -2.00. The van der Waals surface area contributed by atoms with Crippen molar-refractivity contribution in [3.05, 3.63) is 59.7 Å². The second kappa shape index (κ2) is 9.80. The average Bonchev–Trinajstić information content (AvgIpc) is 2.70. The van der Waals surface area contributed by atoms with E-state index >= 15 is 0 Å². The summed E-state index contributed by atoms with van der Waals surface area (Å²) in [5.41, 5.74) is 4.24. The molecule has 0 aliphatic carbocycles. The van der Waals surface area contributed by atoms with E-state index in [1.807, 2.05) is 0 Å². The van der Waals surface area contributed by atoms with Crippen LogP contribution >= 0.6 is 0 Å². The smallest absolute Gasteiger partial charge is 0.119 e. The van der Waals surface area contributed by atoms with Crippen LogP contribution in [-0.4, -0.2) is 37.7 Å². The van der Waals surface area contributed by atoms with Gasteiger partial charge >= 0.3 is 0 Å². The normalized spacial score (nSPS) is 17.1. The lowest BCUT2D eigenvalue weighted by Crippen LogP contribution is -2.33. The van der Waals surface area contributed by atoms with Crippen LogP contribution in [0.1, 0.15) is 44.2 Å². The van der Waals surface area contributed by atoms with E-state index in [-0.39, 0.29) is 7.43 Å². The topological polar surface area (TPSA) is 15.7 Å². The van der Waals surface area contributed by atoms with Crippen LogP contribution in [0.2, 0.25) is 0 Å². The lowest BCUT2D eigenvalue weighted by molar-refractivity contribution is 0.183. The molecule has 3 heteroatoms. The van der Waals surface area contributed by atoms with Crippen LogP contribution in [0.15, 0.2) is 48.5 Å². The van der Waals surface area contributed by atoms with Gasteiger partial charge in [0.2, 0.25) is 0 Å². The molecule has 0 aromatic heterocycles. The number of nitrogens with zero attached hydrogens (tertiary/aromatic N) is 2. The third kappa shape index (κ3) is 5.26. The quantitative estimate of drug-likeness (QED) is 0.704. The molecule has 4 rings (SSSR count). The molecule has 0 bridgehead atoms. The Morgan fingerprint density at radius 3 is 2.41 bits per heavy atom. The predicted octanol–water partition coefficient (Wildman–Crippen LogP) is 5.14. The van der Waals surface area contributed by atoms with Crippen LogP contribution in [0.4, 0.5) is 5.69 Å². The Balaban J connectivity index is 0.00000210. The molecule has 1 saturated heterocycles. The minimum absolute atomic E-state index is 0. The van der Waals surface area contributed by atoms with Crippen molar-refractivity contribution in [1.82, 2.24) is 4.90 Å². The van der Waals surface area contributed by atoms with Crippen molar-refractivity contribution in [1.29, 1.82) is 0 Å². The number of hydrogen-bond acceptors (Lipinski definition) is 3. The maximum absolute atomic E-state index is 5.95. The maximum Gasteiger partial charge on any atom is 0.119 e. The SMILES string of the molecule is C.c1ccc2c(c1)CCCN2Cc1ccc(OCCN2CCCCC2)cc1. The molecule has 3 nitrogen and oxygen atoms in total. The van der Waals surface area contributed by atoms with Crippen LogP contribution in [-0.2, 0) is 13.0 Å². The summed E-state index contributed by atoms with van der Waals surface area (Å²) < 4.78 is 5.95. The summed E-state index contributed by atoms with van der Waals surface area (Å²) in [5, 5.41) is 0. The van der Waals surface area contributed by atoms with Crippen molar-refractivity contribution in [2.24, 2.45) is 0 Å². The van der Waals surface area contributed by atoms with Crippen LogP contribution in [0.5, 0.6) is 5.75 Å². The molecule has 0 amide bonds. The predicted molar refractivity (Wildman–Crippen MR) is 115 cm³/mol. The molecule has 0 unspecified atom stereocenters. The number of aryl methyl sites for hydroxylation is 1. The van der Waals surface area contributed by atoms with Gasteiger partial charge in [0.1, 0.15) is 12.4 Å². The fourth-order valence-corrected chi connectivity index (χ4v) is 4.16. The number of para-hydroxylation sites is 1. The van der Waals surface area contributed by atoms with Crippen LogP contribution in [0.3, 0.4) is 0 Å². The number of piperidine rings is 1. The fraction of sp³-hybridized carbons (Fsp3) is 0.500. The third-order valence-corrected chi connectivity index (χ3v) is 5.63. The standard InChI is InChI=1S/C23H30N2O.CH4/c1-4-14-24(15-5-1)17-18-26-22-12-10-20(11-13-22)19-25-16-6-8-21-7-2-3-9-23(21)25;/h2-3,7,9-13H,1,4-6,8,14-19H2;1H4. The Labute approximate surface area is 164 Å². The maximum atomic E-state index is 5.95. The number of rotatable bonds is 6.